The van der Waals surface area contributed by atoms with Crippen LogP contribution in [0.4, 0.5) is 0 Å². The van der Waals surface area contributed by atoms with E-state index in [-0.39, 0.29) is 34.4 Å². The summed E-state index contributed by atoms with van der Waals surface area (Å²) in [6.07, 6.45) is 8.98. The third kappa shape index (κ3) is 1.95. The summed E-state index contributed by atoms with van der Waals surface area (Å²) in [5.74, 6) is -0.136. The number of esters is 1. The standard InChI is InChI=1S/C24H28O5/c1-22-6-3-13(25)9-12(22)10-15(21(27)28)19-16(22)4-7-23(2)20(19)14-11-17(14)24(23)8-5-18(26)29-24/h4,9,14-15,17,19-20H,3,5-8,10-11H2,1-2H3,(H,27,28)/t14-,15-,17+,19?,20?,22+,23+,24+/m1/s1. The summed E-state index contributed by atoms with van der Waals surface area (Å²) in [5.41, 5.74) is 1.49. The third-order valence-corrected chi connectivity index (χ3v) is 9.83. The van der Waals surface area contributed by atoms with E-state index in [9.17, 15) is 19.5 Å². The van der Waals surface area contributed by atoms with Crippen molar-refractivity contribution < 1.29 is 24.2 Å². The largest absolute Gasteiger partial charge is 0.481 e. The van der Waals surface area contributed by atoms with Gasteiger partial charge in [0.05, 0.1) is 5.92 Å². The van der Waals surface area contributed by atoms with Crippen molar-refractivity contribution in [2.75, 3.05) is 0 Å². The Labute approximate surface area is 170 Å². The average Bonchev–Trinajstić information content (AvgIpc) is 3.30. The summed E-state index contributed by atoms with van der Waals surface area (Å²) < 4.78 is 6.09. The predicted octanol–water partition coefficient (Wildman–Crippen LogP) is 3.68. The molecule has 1 spiro atoms. The van der Waals surface area contributed by atoms with E-state index in [2.05, 4.69) is 19.9 Å². The first kappa shape index (κ1) is 17.9. The van der Waals surface area contributed by atoms with Gasteiger partial charge in [-0.15, -0.1) is 0 Å². The van der Waals surface area contributed by atoms with Crippen LogP contribution < -0.4 is 0 Å². The Morgan fingerprint density at radius 1 is 1.21 bits per heavy atom. The van der Waals surface area contributed by atoms with E-state index < -0.39 is 17.5 Å². The van der Waals surface area contributed by atoms with Gasteiger partial charge in [-0.2, -0.15) is 0 Å². The van der Waals surface area contributed by atoms with Crippen LogP contribution in [-0.2, 0) is 19.1 Å². The number of allylic oxidation sites excluding steroid dienone is 4. The first-order valence-corrected chi connectivity index (χ1v) is 11.1. The lowest BCUT2D eigenvalue weighted by molar-refractivity contribution is -0.168. The van der Waals surface area contributed by atoms with Gasteiger partial charge in [0, 0.05) is 29.6 Å². The van der Waals surface area contributed by atoms with Gasteiger partial charge in [-0.1, -0.05) is 31.1 Å². The highest BCUT2D eigenvalue weighted by Gasteiger charge is 2.79. The molecule has 5 heteroatoms. The zero-order chi connectivity index (χ0) is 20.3. The minimum Gasteiger partial charge on any atom is -0.481 e. The van der Waals surface area contributed by atoms with E-state index in [0.717, 1.165) is 31.3 Å². The third-order valence-electron chi connectivity index (χ3n) is 9.83. The van der Waals surface area contributed by atoms with Crippen LogP contribution in [0, 0.1) is 40.4 Å². The topological polar surface area (TPSA) is 80.7 Å². The number of ketones is 1. The van der Waals surface area contributed by atoms with Crippen molar-refractivity contribution in [3.05, 3.63) is 23.3 Å². The number of hydrogen-bond donors (Lipinski definition) is 1. The van der Waals surface area contributed by atoms with Gasteiger partial charge in [0.2, 0.25) is 0 Å². The number of ether oxygens (including phenoxy) is 1. The van der Waals surface area contributed by atoms with Gasteiger partial charge in [-0.3, -0.25) is 14.4 Å². The minimum absolute atomic E-state index is 0.0183. The Balaban J connectivity index is 1.51. The molecule has 1 aliphatic heterocycles. The fourth-order valence-electron chi connectivity index (χ4n) is 8.44. The molecule has 3 saturated carbocycles. The van der Waals surface area contributed by atoms with Gasteiger partial charge < -0.3 is 9.84 Å². The molecule has 1 N–H and O–H groups in total. The van der Waals surface area contributed by atoms with E-state index in [1.165, 1.54) is 5.57 Å². The molecule has 4 fully saturated rings. The van der Waals surface area contributed by atoms with Crippen LogP contribution in [0.25, 0.3) is 0 Å². The molecule has 29 heavy (non-hydrogen) atoms. The molecule has 0 amide bonds. The second-order valence-electron chi connectivity index (χ2n) is 10.8. The van der Waals surface area contributed by atoms with Gasteiger partial charge in [0.25, 0.3) is 0 Å². The number of fused-ring (bicyclic) bond motifs is 9. The van der Waals surface area contributed by atoms with Gasteiger partial charge in [-0.05, 0) is 55.9 Å². The molecule has 6 rings (SSSR count). The van der Waals surface area contributed by atoms with Gasteiger partial charge in [0.15, 0.2) is 5.78 Å². The first-order chi connectivity index (χ1) is 13.7. The molecule has 0 aromatic rings. The number of carboxylic acids is 1. The normalized spacial score (nSPS) is 52.0. The van der Waals surface area contributed by atoms with E-state index in [4.69, 9.17) is 4.74 Å². The number of rotatable bonds is 1. The zero-order valence-corrected chi connectivity index (χ0v) is 17.1. The maximum absolute atomic E-state index is 12.4. The van der Waals surface area contributed by atoms with Gasteiger partial charge in [-0.25, -0.2) is 0 Å². The summed E-state index contributed by atoms with van der Waals surface area (Å²) in [6.45, 7) is 4.47. The Hall–Kier alpha value is -1.91. The molecule has 1 saturated heterocycles. The second-order valence-corrected chi connectivity index (χ2v) is 10.8. The number of aliphatic carboxylic acids is 1. The number of carboxylic acid groups (broad SMARTS) is 1. The SMILES string of the molecule is C[C@]12CCC(=O)C=C1C[C@@H](C(=O)O)C1C2=CC[C@@]2(C)C1[C@@H]1C[C@@H]1[C@@]21CCC(=O)O1. The number of carbonyl (C=O) groups excluding carboxylic acids is 2. The van der Waals surface area contributed by atoms with Crippen LogP contribution in [0.1, 0.15) is 58.8 Å². The van der Waals surface area contributed by atoms with E-state index in [0.29, 0.717) is 31.1 Å². The smallest absolute Gasteiger partial charge is 0.307 e. The molecule has 154 valence electrons. The highest BCUT2D eigenvalue weighted by atomic mass is 16.6. The second kappa shape index (κ2) is 5.22. The van der Waals surface area contributed by atoms with Crippen LogP contribution >= 0.6 is 0 Å². The van der Waals surface area contributed by atoms with Crippen LogP contribution in [0.15, 0.2) is 23.3 Å². The molecular weight excluding hydrogens is 368 g/mol. The molecule has 1 heterocycles. The molecule has 8 atom stereocenters. The Morgan fingerprint density at radius 3 is 2.69 bits per heavy atom. The van der Waals surface area contributed by atoms with E-state index in [1.54, 1.807) is 6.08 Å². The van der Waals surface area contributed by atoms with Crippen molar-refractivity contribution in [2.45, 2.75) is 64.4 Å². The Morgan fingerprint density at radius 2 is 2.00 bits per heavy atom. The lowest BCUT2D eigenvalue weighted by Crippen LogP contribution is -2.55. The maximum Gasteiger partial charge on any atom is 0.307 e. The molecule has 5 nitrogen and oxygen atoms in total. The predicted molar refractivity (Wildman–Crippen MR) is 104 cm³/mol. The minimum atomic E-state index is -0.757. The molecule has 6 aliphatic rings. The van der Waals surface area contributed by atoms with Crippen molar-refractivity contribution in [1.82, 2.24) is 0 Å². The highest BCUT2D eigenvalue weighted by Crippen LogP contribution is 2.78. The molecule has 0 radical (unpaired) electrons. The summed E-state index contributed by atoms with van der Waals surface area (Å²) >= 11 is 0. The lowest BCUT2D eigenvalue weighted by Gasteiger charge is -2.57. The van der Waals surface area contributed by atoms with Crippen LogP contribution in [0.5, 0.6) is 0 Å². The average molecular weight is 396 g/mol. The van der Waals surface area contributed by atoms with Crippen molar-refractivity contribution in [2.24, 2.45) is 40.4 Å². The highest BCUT2D eigenvalue weighted by molar-refractivity contribution is 5.92. The fourth-order valence-corrected chi connectivity index (χ4v) is 8.44. The molecule has 0 aromatic carbocycles. The Bertz CT molecular complexity index is 930. The van der Waals surface area contributed by atoms with Crippen molar-refractivity contribution >= 4 is 17.7 Å². The summed E-state index contributed by atoms with van der Waals surface area (Å²) in [4.78, 5) is 36.7. The molecular formula is C24H28O5. The van der Waals surface area contributed by atoms with Crippen molar-refractivity contribution in [1.29, 1.82) is 0 Å². The van der Waals surface area contributed by atoms with Gasteiger partial charge >= 0.3 is 11.9 Å². The monoisotopic (exact) mass is 396 g/mol. The van der Waals surface area contributed by atoms with E-state index >= 15 is 0 Å². The first-order valence-electron chi connectivity index (χ1n) is 11.1. The summed E-state index contributed by atoms with van der Waals surface area (Å²) in [6, 6.07) is 0. The molecule has 0 aromatic heterocycles. The zero-order valence-electron chi connectivity index (χ0n) is 17.1. The maximum atomic E-state index is 12.4. The quantitative estimate of drug-likeness (QED) is 0.540. The van der Waals surface area contributed by atoms with Crippen molar-refractivity contribution in [3.8, 4) is 0 Å². The molecule has 5 aliphatic carbocycles. The lowest BCUT2D eigenvalue weighted by atomic mass is 9.47. The van der Waals surface area contributed by atoms with Crippen molar-refractivity contribution in [3.63, 3.8) is 0 Å². The van der Waals surface area contributed by atoms with E-state index in [1.807, 2.05) is 0 Å². The summed E-state index contributed by atoms with van der Waals surface area (Å²) in [7, 11) is 0. The van der Waals surface area contributed by atoms with Crippen LogP contribution in [0.2, 0.25) is 0 Å². The number of hydrogen-bond acceptors (Lipinski definition) is 4. The fraction of sp³-hybridized carbons (Fsp3) is 0.708. The Kier molecular flexibility index (Phi) is 3.22. The van der Waals surface area contributed by atoms with Crippen LogP contribution in [-0.4, -0.2) is 28.4 Å². The van der Waals surface area contributed by atoms with Gasteiger partial charge in [0.1, 0.15) is 5.60 Å². The molecule has 0 bridgehead atoms. The summed E-state index contributed by atoms with van der Waals surface area (Å²) in [5, 5.41) is 10.2. The number of carbonyl (C=O) groups is 3. The molecule has 2 unspecified atom stereocenters. The van der Waals surface area contributed by atoms with Crippen LogP contribution in [0.3, 0.4) is 0 Å².